The van der Waals surface area contributed by atoms with Gasteiger partial charge in [0.05, 0.1) is 11.3 Å². The SMILES string of the molecule is Nc1c(C(F)(F)F)ccc(OCc2ccccc2)c1C(F)(F)F. The normalized spacial score (nSPS) is 12.3. The molecule has 0 amide bonds. The summed E-state index contributed by atoms with van der Waals surface area (Å²) in [4.78, 5) is 0. The Kier molecular flexibility index (Phi) is 4.44. The molecule has 0 aromatic heterocycles. The molecule has 0 radical (unpaired) electrons. The number of nitrogen functional groups attached to an aromatic ring is 1. The van der Waals surface area contributed by atoms with Gasteiger partial charge < -0.3 is 10.5 Å². The van der Waals surface area contributed by atoms with Crippen LogP contribution in [0.4, 0.5) is 32.0 Å². The van der Waals surface area contributed by atoms with Crippen molar-refractivity contribution in [1.82, 2.24) is 0 Å². The van der Waals surface area contributed by atoms with Gasteiger partial charge in [0.15, 0.2) is 0 Å². The maximum atomic E-state index is 13.1. The Bertz CT molecular complexity index is 679. The maximum absolute atomic E-state index is 13.1. The van der Waals surface area contributed by atoms with E-state index in [1.807, 2.05) is 0 Å². The van der Waals surface area contributed by atoms with E-state index in [0.717, 1.165) is 0 Å². The van der Waals surface area contributed by atoms with Gasteiger partial charge in [0.2, 0.25) is 0 Å². The minimum absolute atomic E-state index is 0.227. The van der Waals surface area contributed by atoms with Crippen molar-refractivity contribution in [1.29, 1.82) is 0 Å². The molecule has 0 spiro atoms. The molecule has 0 unspecified atom stereocenters. The van der Waals surface area contributed by atoms with Crippen molar-refractivity contribution < 1.29 is 31.1 Å². The topological polar surface area (TPSA) is 35.2 Å². The zero-order valence-corrected chi connectivity index (χ0v) is 11.5. The molecule has 0 aliphatic carbocycles. The molecule has 0 atom stereocenters. The standard InChI is InChI=1S/C15H11F6NO/c16-14(17,18)10-6-7-11(12(13(10)22)15(19,20)21)23-8-9-4-2-1-3-5-9/h1-7H,8,22H2. The van der Waals surface area contributed by atoms with Crippen LogP contribution in [-0.2, 0) is 19.0 Å². The molecule has 0 saturated heterocycles. The highest BCUT2D eigenvalue weighted by atomic mass is 19.4. The Morgan fingerprint density at radius 1 is 0.826 bits per heavy atom. The molecule has 2 aromatic carbocycles. The summed E-state index contributed by atoms with van der Waals surface area (Å²) in [7, 11) is 0. The quantitative estimate of drug-likeness (QED) is 0.640. The van der Waals surface area contributed by atoms with Gasteiger partial charge in [0.1, 0.15) is 17.9 Å². The van der Waals surface area contributed by atoms with Crippen LogP contribution >= 0.6 is 0 Å². The Balaban J connectivity index is 2.41. The smallest absolute Gasteiger partial charge is 0.421 e. The lowest BCUT2D eigenvalue weighted by atomic mass is 10.1. The van der Waals surface area contributed by atoms with Crippen LogP contribution in [0.2, 0.25) is 0 Å². The summed E-state index contributed by atoms with van der Waals surface area (Å²) < 4.78 is 82.4. The Labute approximate surface area is 127 Å². The van der Waals surface area contributed by atoms with Gasteiger partial charge in [-0.25, -0.2) is 0 Å². The third kappa shape index (κ3) is 3.88. The molecule has 2 aromatic rings. The molecular formula is C15H11F6NO. The van der Waals surface area contributed by atoms with E-state index < -0.39 is 34.9 Å². The average Bonchev–Trinajstić information content (AvgIpc) is 2.43. The maximum Gasteiger partial charge on any atom is 0.421 e. The number of hydrogen-bond donors (Lipinski definition) is 1. The number of rotatable bonds is 3. The van der Waals surface area contributed by atoms with Gasteiger partial charge >= 0.3 is 12.4 Å². The average molecular weight is 335 g/mol. The van der Waals surface area contributed by atoms with Crippen molar-refractivity contribution in [3.8, 4) is 5.75 Å². The second-order valence-corrected chi connectivity index (χ2v) is 4.67. The minimum atomic E-state index is -5.07. The summed E-state index contributed by atoms with van der Waals surface area (Å²) in [6.07, 6.45) is -10.1. The first-order valence-corrected chi connectivity index (χ1v) is 6.34. The zero-order valence-electron chi connectivity index (χ0n) is 11.5. The minimum Gasteiger partial charge on any atom is -0.488 e. The van der Waals surface area contributed by atoms with Gasteiger partial charge in [0.25, 0.3) is 0 Å². The first kappa shape index (κ1) is 17.0. The molecule has 0 heterocycles. The van der Waals surface area contributed by atoms with E-state index in [4.69, 9.17) is 10.5 Å². The molecule has 124 valence electrons. The molecule has 23 heavy (non-hydrogen) atoms. The summed E-state index contributed by atoms with van der Waals surface area (Å²) in [5, 5.41) is 0. The summed E-state index contributed by atoms with van der Waals surface area (Å²) in [5.74, 6) is -0.744. The van der Waals surface area contributed by atoms with Crippen molar-refractivity contribution in [3.63, 3.8) is 0 Å². The van der Waals surface area contributed by atoms with Crippen LogP contribution in [0.15, 0.2) is 42.5 Å². The highest BCUT2D eigenvalue weighted by Gasteiger charge is 2.42. The van der Waals surface area contributed by atoms with Crippen LogP contribution in [0.5, 0.6) is 5.75 Å². The number of hydrogen-bond acceptors (Lipinski definition) is 2. The number of benzene rings is 2. The van der Waals surface area contributed by atoms with Crippen molar-refractivity contribution >= 4 is 5.69 Å². The number of halogens is 6. The molecule has 8 heteroatoms. The molecule has 0 saturated carbocycles. The van der Waals surface area contributed by atoms with Gasteiger partial charge in [-0.1, -0.05) is 30.3 Å². The number of alkyl halides is 6. The summed E-state index contributed by atoms with van der Waals surface area (Å²) in [6, 6.07) is 9.35. The van der Waals surface area contributed by atoms with Gasteiger partial charge in [-0.05, 0) is 17.7 Å². The van der Waals surface area contributed by atoms with Crippen molar-refractivity contribution in [2.75, 3.05) is 5.73 Å². The van der Waals surface area contributed by atoms with Crippen LogP contribution in [-0.4, -0.2) is 0 Å². The van der Waals surface area contributed by atoms with Gasteiger partial charge in [-0.2, -0.15) is 26.3 Å². The predicted molar refractivity (Wildman–Crippen MR) is 71.6 cm³/mol. The Morgan fingerprint density at radius 3 is 1.96 bits per heavy atom. The first-order valence-electron chi connectivity index (χ1n) is 6.34. The van der Waals surface area contributed by atoms with Crippen LogP contribution in [0, 0.1) is 0 Å². The summed E-state index contributed by atoms with van der Waals surface area (Å²) in [6.45, 7) is -0.227. The summed E-state index contributed by atoms with van der Waals surface area (Å²) in [5.41, 5.74) is 1.11. The second kappa shape index (κ2) is 6.02. The monoisotopic (exact) mass is 335 g/mol. The molecular weight excluding hydrogens is 324 g/mol. The second-order valence-electron chi connectivity index (χ2n) is 4.67. The molecule has 2 nitrogen and oxygen atoms in total. The molecule has 0 fully saturated rings. The fourth-order valence-corrected chi connectivity index (χ4v) is 1.99. The molecule has 0 bridgehead atoms. The number of nitrogens with two attached hydrogens (primary N) is 1. The first-order chi connectivity index (χ1) is 10.6. The van der Waals surface area contributed by atoms with E-state index in [1.54, 1.807) is 30.3 Å². The number of anilines is 1. The lowest BCUT2D eigenvalue weighted by molar-refractivity contribution is -0.142. The van der Waals surface area contributed by atoms with Gasteiger partial charge in [0, 0.05) is 0 Å². The van der Waals surface area contributed by atoms with E-state index in [2.05, 4.69) is 0 Å². The highest BCUT2D eigenvalue weighted by Crippen LogP contribution is 2.45. The fourth-order valence-electron chi connectivity index (χ4n) is 1.99. The molecule has 2 rings (SSSR count). The van der Waals surface area contributed by atoms with Crippen molar-refractivity contribution in [2.24, 2.45) is 0 Å². The molecule has 2 N–H and O–H groups in total. The Morgan fingerprint density at radius 2 is 1.43 bits per heavy atom. The Hall–Kier alpha value is -2.38. The van der Waals surface area contributed by atoms with E-state index in [9.17, 15) is 26.3 Å². The van der Waals surface area contributed by atoms with Gasteiger partial charge in [-0.3, -0.25) is 0 Å². The van der Waals surface area contributed by atoms with Crippen LogP contribution in [0.1, 0.15) is 16.7 Å². The van der Waals surface area contributed by atoms with Crippen LogP contribution in [0.3, 0.4) is 0 Å². The van der Waals surface area contributed by atoms with E-state index >= 15 is 0 Å². The predicted octanol–water partition coefficient (Wildman–Crippen LogP) is 4.89. The molecule has 0 aliphatic heterocycles. The summed E-state index contributed by atoms with van der Waals surface area (Å²) >= 11 is 0. The van der Waals surface area contributed by atoms with E-state index in [-0.39, 0.29) is 6.61 Å². The van der Waals surface area contributed by atoms with E-state index in [1.165, 1.54) is 0 Å². The third-order valence-electron chi connectivity index (χ3n) is 3.03. The van der Waals surface area contributed by atoms with Crippen LogP contribution in [0.25, 0.3) is 0 Å². The van der Waals surface area contributed by atoms with E-state index in [0.29, 0.717) is 17.7 Å². The van der Waals surface area contributed by atoms with Crippen molar-refractivity contribution in [3.05, 3.63) is 59.2 Å². The largest absolute Gasteiger partial charge is 0.488 e. The lowest BCUT2D eigenvalue weighted by Crippen LogP contribution is -2.17. The lowest BCUT2D eigenvalue weighted by Gasteiger charge is -2.19. The third-order valence-corrected chi connectivity index (χ3v) is 3.03. The van der Waals surface area contributed by atoms with Crippen LogP contribution < -0.4 is 10.5 Å². The fraction of sp³-hybridized carbons (Fsp3) is 0.200. The van der Waals surface area contributed by atoms with Gasteiger partial charge in [-0.15, -0.1) is 0 Å². The molecule has 0 aliphatic rings. The van der Waals surface area contributed by atoms with Crippen molar-refractivity contribution in [2.45, 2.75) is 19.0 Å². The number of ether oxygens (including phenoxy) is 1. The zero-order chi connectivity index (χ0) is 17.3. The highest BCUT2D eigenvalue weighted by molar-refractivity contribution is 5.62.